The number of thiophene rings is 1. The smallest absolute Gasteiger partial charge is 0.264 e. The molecule has 106 valence electrons. The summed E-state index contributed by atoms with van der Waals surface area (Å²) in [6.45, 7) is 2.40. The zero-order valence-corrected chi connectivity index (χ0v) is 15.0. The summed E-state index contributed by atoms with van der Waals surface area (Å²) in [5.41, 5.74) is 0. The number of nitrogens with zero attached hydrogens (tertiary/aromatic N) is 1. The Morgan fingerprint density at radius 1 is 1.53 bits per heavy atom. The molecular weight excluding hydrogens is 418 g/mol. The number of hydrogen-bond acceptors (Lipinski definition) is 4. The maximum absolute atomic E-state index is 12.4. The summed E-state index contributed by atoms with van der Waals surface area (Å²) in [4.78, 5) is 14.7. The first-order valence-electron chi connectivity index (χ1n) is 5.80. The maximum Gasteiger partial charge on any atom is 0.264 e. The van der Waals surface area contributed by atoms with Gasteiger partial charge in [0.1, 0.15) is 0 Å². The van der Waals surface area contributed by atoms with E-state index < -0.39 is 9.84 Å². The van der Waals surface area contributed by atoms with Gasteiger partial charge in [-0.1, -0.05) is 0 Å². The van der Waals surface area contributed by atoms with Crippen molar-refractivity contribution in [2.45, 2.75) is 19.4 Å². The van der Waals surface area contributed by atoms with Crippen molar-refractivity contribution in [3.8, 4) is 0 Å². The summed E-state index contributed by atoms with van der Waals surface area (Å²) in [5.74, 6) is 0.167. The molecule has 1 unspecified atom stereocenters. The van der Waals surface area contributed by atoms with Crippen LogP contribution in [0.4, 0.5) is 0 Å². The lowest BCUT2D eigenvalue weighted by molar-refractivity contribution is 0.0713. The molecule has 1 aromatic rings. The third-order valence-electron chi connectivity index (χ3n) is 3.11. The molecule has 8 heteroatoms. The minimum atomic E-state index is -2.98. The van der Waals surface area contributed by atoms with Crippen molar-refractivity contribution in [2.24, 2.45) is 0 Å². The summed E-state index contributed by atoms with van der Waals surface area (Å²) in [7, 11) is -2.98. The van der Waals surface area contributed by atoms with E-state index >= 15 is 0 Å². The van der Waals surface area contributed by atoms with Gasteiger partial charge in [0.05, 0.1) is 20.2 Å². The predicted molar refractivity (Wildman–Crippen MR) is 83.5 cm³/mol. The van der Waals surface area contributed by atoms with E-state index in [0.29, 0.717) is 17.8 Å². The van der Waals surface area contributed by atoms with Crippen LogP contribution in [0.15, 0.2) is 14.3 Å². The van der Waals surface area contributed by atoms with Crippen LogP contribution in [0, 0.1) is 0 Å². The second-order valence-electron chi connectivity index (χ2n) is 4.38. The second kappa shape index (κ2) is 5.83. The highest BCUT2D eigenvalue weighted by Crippen LogP contribution is 2.33. The zero-order chi connectivity index (χ0) is 14.2. The van der Waals surface area contributed by atoms with Gasteiger partial charge >= 0.3 is 0 Å². The van der Waals surface area contributed by atoms with Crippen LogP contribution in [0.5, 0.6) is 0 Å². The minimum absolute atomic E-state index is 0.0836. The van der Waals surface area contributed by atoms with Gasteiger partial charge in [0.2, 0.25) is 0 Å². The standard InChI is InChI=1S/C11H13Br2NO3S2/c1-2-14(7-3-4-19(16,17)6-7)11(15)9-5-8(12)10(13)18-9/h5,7H,2-4,6H2,1H3. The lowest BCUT2D eigenvalue weighted by Gasteiger charge is -2.26. The van der Waals surface area contributed by atoms with E-state index in [1.807, 2.05) is 6.92 Å². The second-order valence-corrected chi connectivity index (χ2v) is 9.83. The molecule has 0 saturated carbocycles. The molecule has 1 aliphatic rings. The molecule has 1 fully saturated rings. The molecule has 0 bridgehead atoms. The third-order valence-corrected chi connectivity index (χ3v) is 8.10. The van der Waals surface area contributed by atoms with Crippen molar-refractivity contribution in [1.29, 1.82) is 0 Å². The monoisotopic (exact) mass is 429 g/mol. The molecule has 0 spiro atoms. The van der Waals surface area contributed by atoms with E-state index in [2.05, 4.69) is 31.9 Å². The summed E-state index contributed by atoms with van der Waals surface area (Å²) >= 11 is 8.07. The number of amides is 1. The molecule has 1 aliphatic heterocycles. The fourth-order valence-electron chi connectivity index (χ4n) is 2.18. The number of rotatable bonds is 3. The van der Waals surface area contributed by atoms with Crippen molar-refractivity contribution in [2.75, 3.05) is 18.1 Å². The van der Waals surface area contributed by atoms with Gasteiger partial charge in [0, 0.05) is 17.1 Å². The topological polar surface area (TPSA) is 54.5 Å². The fraction of sp³-hybridized carbons (Fsp3) is 0.545. The first-order valence-corrected chi connectivity index (χ1v) is 10.0. The Balaban J connectivity index is 2.20. The van der Waals surface area contributed by atoms with E-state index in [0.717, 1.165) is 8.26 Å². The molecule has 0 aliphatic carbocycles. The van der Waals surface area contributed by atoms with Crippen LogP contribution in [-0.4, -0.2) is 43.3 Å². The number of halogens is 2. The third kappa shape index (κ3) is 3.40. The molecule has 1 aromatic heterocycles. The molecule has 1 saturated heterocycles. The van der Waals surface area contributed by atoms with Crippen LogP contribution in [0.1, 0.15) is 23.0 Å². The number of carbonyl (C=O) groups excluding carboxylic acids is 1. The van der Waals surface area contributed by atoms with Gasteiger partial charge in [-0.3, -0.25) is 4.79 Å². The molecule has 2 heterocycles. The lowest BCUT2D eigenvalue weighted by atomic mass is 10.2. The van der Waals surface area contributed by atoms with Crippen LogP contribution in [0.25, 0.3) is 0 Å². The van der Waals surface area contributed by atoms with Crippen LogP contribution in [0.2, 0.25) is 0 Å². The molecule has 0 N–H and O–H groups in total. The molecule has 0 aromatic carbocycles. The summed E-state index contributed by atoms with van der Waals surface area (Å²) in [6.07, 6.45) is 0.537. The molecule has 2 rings (SSSR count). The fourth-order valence-corrected chi connectivity index (χ4v) is 5.90. The van der Waals surface area contributed by atoms with Gasteiger partial charge in [-0.25, -0.2) is 8.42 Å². The minimum Gasteiger partial charge on any atom is -0.334 e. The van der Waals surface area contributed by atoms with Crippen LogP contribution in [-0.2, 0) is 9.84 Å². The average Bonchev–Trinajstić information content (AvgIpc) is 2.84. The maximum atomic E-state index is 12.4. The molecule has 1 amide bonds. The van der Waals surface area contributed by atoms with E-state index in [-0.39, 0.29) is 23.5 Å². The number of carbonyl (C=O) groups is 1. The Morgan fingerprint density at radius 2 is 2.21 bits per heavy atom. The Morgan fingerprint density at radius 3 is 2.63 bits per heavy atom. The molecular formula is C11H13Br2NO3S2. The Hall–Kier alpha value is 0.0800. The first-order chi connectivity index (χ1) is 8.84. The quantitative estimate of drug-likeness (QED) is 0.740. The highest BCUT2D eigenvalue weighted by molar-refractivity contribution is 9.13. The van der Waals surface area contributed by atoms with E-state index in [1.54, 1.807) is 11.0 Å². The largest absolute Gasteiger partial charge is 0.334 e. The van der Waals surface area contributed by atoms with Gasteiger partial charge in [-0.05, 0) is 51.3 Å². The summed E-state index contributed by atoms with van der Waals surface area (Å²) in [5, 5.41) is 0. The summed E-state index contributed by atoms with van der Waals surface area (Å²) < 4.78 is 24.8. The zero-order valence-electron chi connectivity index (χ0n) is 10.2. The highest BCUT2D eigenvalue weighted by atomic mass is 79.9. The normalized spacial score (nSPS) is 21.5. The van der Waals surface area contributed by atoms with Crippen molar-refractivity contribution < 1.29 is 13.2 Å². The highest BCUT2D eigenvalue weighted by Gasteiger charge is 2.34. The Labute approximate surface area is 133 Å². The van der Waals surface area contributed by atoms with E-state index in [9.17, 15) is 13.2 Å². The van der Waals surface area contributed by atoms with Gasteiger partial charge in [-0.15, -0.1) is 11.3 Å². The molecule has 4 nitrogen and oxygen atoms in total. The average molecular weight is 431 g/mol. The Bertz CT molecular complexity index is 578. The van der Waals surface area contributed by atoms with E-state index in [4.69, 9.17) is 0 Å². The predicted octanol–water partition coefficient (Wildman–Crippen LogP) is 2.92. The van der Waals surface area contributed by atoms with Crippen LogP contribution in [0.3, 0.4) is 0 Å². The molecule has 19 heavy (non-hydrogen) atoms. The lowest BCUT2D eigenvalue weighted by Crippen LogP contribution is -2.40. The van der Waals surface area contributed by atoms with Crippen molar-refractivity contribution in [3.05, 3.63) is 19.2 Å². The van der Waals surface area contributed by atoms with Crippen molar-refractivity contribution in [3.63, 3.8) is 0 Å². The van der Waals surface area contributed by atoms with Crippen LogP contribution >= 0.6 is 43.2 Å². The number of sulfone groups is 1. The van der Waals surface area contributed by atoms with Gasteiger partial charge in [0.25, 0.3) is 5.91 Å². The summed E-state index contributed by atoms with van der Waals surface area (Å²) in [6, 6.07) is 1.57. The van der Waals surface area contributed by atoms with Crippen molar-refractivity contribution in [1.82, 2.24) is 4.90 Å². The van der Waals surface area contributed by atoms with Gasteiger partial charge in [-0.2, -0.15) is 0 Å². The SMILES string of the molecule is CCN(C(=O)c1cc(Br)c(Br)s1)C1CCS(=O)(=O)C1. The van der Waals surface area contributed by atoms with E-state index in [1.165, 1.54) is 11.3 Å². The van der Waals surface area contributed by atoms with Gasteiger partial charge < -0.3 is 4.90 Å². The molecule has 1 atom stereocenters. The Kier molecular flexibility index (Phi) is 4.75. The number of hydrogen-bond donors (Lipinski definition) is 0. The van der Waals surface area contributed by atoms with Crippen molar-refractivity contribution >= 4 is 58.9 Å². The van der Waals surface area contributed by atoms with Crippen LogP contribution < -0.4 is 0 Å². The van der Waals surface area contributed by atoms with Gasteiger partial charge in [0.15, 0.2) is 9.84 Å². The first kappa shape index (κ1) is 15.5. The molecule has 0 radical (unpaired) electrons.